The normalized spacial score (nSPS) is 16.4. The second kappa shape index (κ2) is 11.3. The number of benzene rings is 4. The average Bonchev–Trinajstić information content (AvgIpc) is 3.28. The van der Waals surface area contributed by atoms with Gasteiger partial charge in [-0.05, 0) is 61.4 Å². The molecule has 2 heterocycles. The molecule has 0 radical (unpaired) electrons. The summed E-state index contributed by atoms with van der Waals surface area (Å²) in [5.74, 6) is 1.10. The molecule has 4 aromatic carbocycles. The molecule has 2 aliphatic rings. The maximum atomic E-state index is 13.3. The predicted octanol–water partition coefficient (Wildman–Crippen LogP) is 9.10. The Morgan fingerprint density at radius 1 is 0.780 bits per heavy atom. The zero-order chi connectivity index (χ0) is 28.4. The first kappa shape index (κ1) is 26.9. The average molecular weight is 547 g/mol. The van der Waals surface area contributed by atoms with Gasteiger partial charge in [-0.25, -0.2) is 4.79 Å². The third-order valence-corrected chi connectivity index (χ3v) is 8.38. The SMILES string of the molecule is CCCCCCCCN(C)c1ccc2c(c1)Oc1cc(C)c(Nc3ccccc3)cc1C21OC(=O)c2ccccc21. The van der Waals surface area contributed by atoms with E-state index in [1.54, 1.807) is 0 Å². The van der Waals surface area contributed by atoms with E-state index in [4.69, 9.17) is 9.47 Å². The predicted molar refractivity (Wildman–Crippen MR) is 166 cm³/mol. The molecule has 0 saturated carbocycles. The number of carbonyl (C=O) groups is 1. The fraction of sp³-hybridized carbons (Fsp3) is 0.306. The van der Waals surface area contributed by atoms with Gasteiger partial charge >= 0.3 is 5.97 Å². The lowest BCUT2D eigenvalue weighted by Crippen LogP contribution is -2.33. The Morgan fingerprint density at radius 3 is 2.34 bits per heavy atom. The van der Waals surface area contributed by atoms with Crippen molar-refractivity contribution < 1.29 is 14.3 Å². The van der Waals surface area contributed by atoms with Crippen LogP contribution in [0.5, 0.6) is 11.5 Å². The third-order valence-electron chi connectivity index (χ3n) is 8.38. The van der Waals surface area contributed by atoms with Crippen LogP contribution >= 0.6 is 0 Å². The van der Waals surface area contributed by atoms with Crippen molar-refractivity contribution in [3.8, 4) is 11.5 Å². The van der Waals surface area contributed by atoms with Gasteiger partial charge in [0, 0.05) is 53.4 Å². The molecule has 5 heteroatoms. The molecule has 1 unspecified atom stereocenters. The molecule has 0 amide bonds. The van der Waals surface area contributed by atoms with Gasteiger partial charge in [0.2, 0.25) is 0 Å². The minimum atomic E-state index is -1.09. The summed E-state index contributed by atoms with van der Waals surface area (Å²) in [5, 5.41) is 3.54. The van der Waals surface area contributed by atoms with E-state index in [0.717, 1.165) is 58.0 Å². The quantitative estimate of drug-likeness (QED) is 0.159. The molecule has 1 spiro atoms. The van der Waals surface area contributed by atoms with Gasteiger partial charge in [-0.1, -0.05) is 75.4 Å². The number of rotatable bonds is 10. The number of hydrogen-bond donors (Lipinski definition) is 1. The maximum Gasteiger partial charge on any atom is 0.340 e. The molecule has 41 heavy (non-hydrogen) atoms. The zero-order valence-electron chi connectivity index (χ0n) is 24.2. The van der Waals surface area contributed by atoms with Crippen molar-refractivity contribution in [2.75, 3.05) is 23.8 Å². The molecular formula is C36H38N2O3. The summed E-state index contributed by atoms with van der Waals surface area (Å²) < 4.78 is 13.0. The number of anilines is 3. The monoisotopic (exact) mass is 546 g/mol. The molecule has 2 aliphatic heterocycles. The van der Waals surface area contributed by atoms with Crippen LogP contribution in [0, 0.1) is 6.92 Å². The Kier molecular flexibility index (Phi) is 7.44. The lowest BCUT2D eigenvalue weighted by molar-refractivity contribution is 0.0224. The van der Waals surface area contributed by atoms with Crippen molar-refractivity contribution in [1.29, 1.82) is 0 Å². The molecule has 0 aliphatic carbocycles. The van der Waals surface area contributed by atoms with Gasteiger partial charge in [0.1, 0.15) is 11.5 Å². The van der Waals surface area contributed by atoms with Crippen molar-refractivity contribution >= 4 is 23.0 Å². The Labute approximate surface area is 243 Å². The van der Waals surface area contributed by atoms with E-state index >= 15 is 0 Å². The summed E-state index contributed by atoms with van der Waals surface area (Å²) in [4.78, 5) is 15.6. The molecule has 0 bridgehead atoms. The van der Waals surface area contributed by atoms with E-state index in [2.05, 4.69) is 55.4 Å². The second-order valence-corrected chi connectivity index (χ2v) is 11.2. The first-order valence-electron chi connectivity index (χ1n) is 14.8. The second-order valence-electron chi connectivity index (χ2n) is 11.2. The maximum absolute atomic E-state index is 13.3. The molecule has 0 fully saturated rings. The van der Waals surface area contributed by atoms with Crippen LogP contribution in [0.3, 0.4) is 0 Å². The molecule has 0 saturated heterocycles. The Morgan fingerprint density at radius 2 is 1.51 bits per heavy atom. The van der Waals surface area contributed by atoms with Gasteiger partial charge in [-0.15, -0.1) is 0 Å². The highest BCUT2D eigenvalue weighted by atomic mass is 16.6. The number of para-hydroxylation sites is 1. The van der Waals surface area contributed by atoms with Gasteiger partial charge in [-0.3, -0.25) is 0 Å². The highest BCUT2D eigenvalue weighted by Gasteiger charge is 2.53. The van der Waals surface area contributed by atoms with E-state index < -0.39 is 5.60 Å². The van der Waals surface area contributed by atoms with Crippen molar-refractivity contribution in [3.05, 3.63) is 113 Å². The number of nitrogens with zero attached hydrogens (tertiary/aromatic N) is 1. The van der Waals surface area contributed by atoms with Crippen LogP contribution in [-0.4, -0.2) is 19.6 Å². The first-order valence-corrected chi connectivity index (χ1v) is 14.8. The van der Waals surface area contributed by atoms with Crippen LogP contribution in [0.25, 0.3) is 0 Å². The fourth-order valence-corrected chi connectivity index (χ4v) is 6.12. The van der Waals surface area contributed by atoms with Gasteiger partial charge in [0.15, 0.2) is 5.60 Å². The van der Waals surface area contributed by atoms with E-state index in [9.17, 15) is 4.79 Å². The van der Waals surface area contributed by atoms with Crippen molar-refractivity contribution in [2.45, 2.75) is 58.0 Å². The van der Waals surface area contributed by atoms with E-state index in [-0.39, 0.29) is 5.97 Å². The summed E-state index contributed by atoms with van der Waals surface area (Å²) in [7, 11) is 2.14. The minimum Gasteiger partial charge on any atom is -0.456 e. The molecule has 4 aromatic rings. The van der Waals surface area contributed by atoms with Gasteiger partial charge in [-0.2, -0.15) is 0 Å². The molecule has 0 aromatic heterocycles. The summed E-state index contributed by atoms with van der Waals surface area (Å²) in [6, 6.07) is 28.2. The standard InChI is InChI=1S/C36H38N2O3/c1-4-5-6-7-8-14-21-38(3)27-19-20-30-34(23-27)40-33-22-25(2)32(37-26-15-10-9-11-16-26)24-31(33)36(30)29-18-13-12-17-28(29)35(39)41-36/h9-13,15-20,22-24,37H,4-8,14,21H2,1-3H3. The van der Waals surface area contributed by atoms with E-state index in [1.807, 2.05) is 60.7 Å². The van der Waals surface area contributed by atoms with Gasteiger partial charge < -0.3 is 19.7 Å². The van der Waals surface area contributed by atoms with Crippen molar-refractivity contribution in [3.63, 3.8) is 0 Å². The topological polar surface area (TPSA) is 50.8 Å². The van der Waals surface area contributed by atoms with Crippen LogP contribution in [-0.2, 0) is 10.3 Å². The highest BCUT2D eigenvalue weighted by Crippen LogP contribution is 2.57. The molecule has 1 N–H and O–H groups in total. The number of nitrogens with one attached hydrogen (secondary N) is 1. The molecule has 6 rings (SSSR count). The number of unbranched alkanes of at least 4 members (excludes halogenated alkanes) is 5. The Bertz CT molecular complexity index is 1560. The highest BCUT2D eigenvalue weighted by molar-refractivity contribution is 5.97. The van der Waals surface area contributed by atoms with Crippen LogP contribution < -0.4 is 15.0 Å². The number of carbonyl (C=O) groups excluding carboxylic acids is 1. The number of ether oxygens (including phenoxy) is 2. The number of aryl methyl sites for hydroxylation is 1. The van der Waals surface area contributed by atoms with Gasteiger partial charge in [0.25, 0.3) is 0 Å². The minimum absolute atomic E-state index is 0.318. The molecule has 1 atom stereocenters. The van der Waals surface area contributed by atoms with Crippen LogP contribution in [0.1, 0.15) is 78.1 Å². The summed E-state index contributed by atoms with van der Waals surface area (Å²) in [6.45, 7) is 5.30. The zero-order valence-corrected chi connectivity index (χ0v) is 24.2. The lowest BCUT2D eigenvalue weighted by atomic mass is 9.77. The first-order chi connectivity index (χ1) is 20.0. The summed E-state index contributed by atoms with van der Waals surface area (Å²) >= 11 is 0. The van der Waals surface area contributed by atoms with Gasteiger partial charge in [0.05, 0.1) is 5.56 Å². The Hall–Kier alpha value is -4.25. The summed E-state index contributed by atoms with van der Waals surface area (Å²) in [5.41, 5.74) is 6.07. The number of fused-ring (bicyclic) bond motifs is 6. The smallest absolute Gasteiger partial charge is 0.340 e. The van der Waals surface area contributed by atoms with E-state index in [1.165, 1.54) is 32.1 Å². The molecular weight excluding hydrogens is 508 g/mol. The van der Waals surface area contributed by atoms with Crippen LogP contribution in [0.15, 0.2) is 84.9 Å². The molecule has 5 nitrogen and oxygen atoms in total. The van der Waals surface area contributed by atoms with E-state index in [0.29, 0.717) is 11.3 Å². The van der Waals surface area contributed by atoms with Crippen LogP contribution in [0.4, 0.5) is 17.1 Å². The third kappa shape index (κ3) is 4.94. The summed E-state index contributed by atoms with van der Waals surface area (Å²) in [6.07, 6.45) is 7.60. The van der Waals surface area contributed by atoms with Crippen LogP contribution in [0.2, 0.25) is 0 Å². The fourth-order valence-electron chi connectivity index (χ4n) is 6.12. The number of hydrogen-bond acceptors (Lipinski definition) is 5. The largest absolute Gasteiger partial charge is 0.456 e. The Balaban J connectivity index is 1.39. The van der Waals surface area contributed by atoms with Crippen molar-refractivity contribution in [1.82, 2.24) is 0 Å². The number of esters is 1. The lowest BCUT2D eigenvalue weighted by Gasteiger charge is -2.37. The van der Waals surface area contributed by atoms with Crippen molar-refractivity contribution in [2.24, 2.45) is 0 Å². The molecule has 210 valence electrons.